The lowest BCUT2D eigenvalue weighted by Crippen LogP contribution is -2.27. The molecule has 5 heteroatoms. The van der Waals surface area contributed by atoms with Crippen LogP contribution in [0.1, 0.15) is 27.3 Å². The minimum atomic E-state index is 0.00678. The molecule has 0 unspecified atom stereocenters. The Bertz CT molecular complexity index is 609. The number of carbonyl (C=O) groups is 1. The number of thiophene rings is 1. The van der Waals surface area contributed by atoms with Crippen LogP contribution in [0.15, 0.2) is 27.4 Å². The van der Waals surface area contributed by atoms with Gasteiger partial charge < -0.3 is 4.90 Å². The van der Waals surface area contributed by atoms with E-state index in [9.17, 15) is 4.79 Å². The number of hydrogen-bond donors (Lipinski definition) is 0. The number of amides is 1. The molecule has 0 spiro atoms. The standard InChI is InChI=1S/C14H15BrN2OS/c1-9-4-5-12(10(2)16-9)14(18)17(3)7-11-6-13(15)19-8-11/h4-6,8H,7H2,1-3H3. The van der Waals surface area contributed by atoms with Crippen molar-refractivity contribution in [1.82, 2.24) is 9.88 Å². The van der Waals surface area contributed by atoms with Gasteiger partial charge in [0.2, 0.25) is 0 Å². The molecule has 1 amide bonds. The highest BCUT2D eigenvalue weighted by Crippen LogP contribution is 2.22. The molecule has 0 saturated heterocycles. The first-order valence-electron chi connectivity index (χ1n) is 5.90. The van der Waals surface area contributed by atoms with Crippen molar-refractivity contribution >= 4 is 33.2 Å². The highest BCUT2D eigenvalue weighted by molar-refractivity contribution is 9.11. The number of aryl methyl sites for hydroxylation is 2. The summed E-state index contributed by atoms with van der Waals surface area (Å²) in [5.74, 6) is 0.00678. The maximum absolute atomic E-state index is 12.4. The maximum atomic E-state index is 12.4. The Kier molecular flexibility index (Phi) is 4.37. The summed E-state index contributed by atoms with van der Waals surface area (Å²) in [7, 11) is 1.81. The largest absolute Gasteiger partial charge is 0.337 e. The van der Waals surface area contributed by atoms with Crippen LogP contribution in [-0.2, 0) is 6.54 Å². The van der Waals surface area contributed by atoms with Gasteiger partial charge >= 0.3 is 0 Å². The fourth-order valence-corrected chi connectivity index (χ4v) is 3.09. The van der Waals surface area contributed by atoms with E-state index in [4.69, 9.17) is 0 Å². The Morgan fingerprint density at radius 2 is 2.16 bits per heavy atom. The fraction of sp³-hybridized carbons (Fsp3) is 0.286. The summed E-state index contributed by atoms with van der Waals surface area (Å²) in [4.78, 5) is 18.4. The van der Waals surface area contributed by atoms with Crippen LogP contribution >= 0.6 is 27.3 Å². The molecule has 0 aliphatic carbocycles. The second kappa shape index (κ2) is 5.84. The molecule has 2 aromatic rings. The van der Waals surface area contributed by atoms with E-state index in [0.717, 1.165) is 20.7 Å². The summed E-state index contributed by atoms with van der Waals surface area (Å²) in [5, 5.41) is 2.05. The van der Waals surface area contributed by atoms with Gasteiger partial charge in [0.25, 0.3) is 5.91 Å². The van der Waals surface area contributed by atoms with Gasteiger partial charge in [-0.1, -0.05) is 0 Å². The molecular formula is C14H15BrN2OS. The highest BCUT2D eigenvalue weighted by atomic mass is 79.9. The summed E-state index contributed by atoms with van der Waals surface area (Å²) in [6.45, 7) is 4.40. The van der Waals surface area contributed by atoms with E-state index in [2.05, 4.69) is 20.9 Å². The number of carbonyl (C=O) groups excluding carboxylic acids is 1. The molecule has 0 bridgehead atoms. The van der Waals surface area contributed by atoms with Crippen molar-refractivity contribution in [1.29, 1.82) is 0 Å². The monoisotopic (exact) mass is 338 g/mol. The van der Waals surface area contributed by atoms with Crippen molar-refractivity contribution in [2.45, 2.75) is 20.4 Å². The van der Waals surface area contributed by atoms with Gasteiger partial charge in [0.1, 0.15) is 0 Å². The Hall–Kier alpha value is -1.20. The summed E-state index contributed by atoms with van der Waals surface area (Å²) in [6.07, 6.45) is 0. The zero-order chi connectivity index (χ0) is 14.0. The fourth-order valence-electron chi connectivity index (χ4n) is 1.89. The molecule has 2 aromatic heterocycles. The van der Waals surface area contributed by atoms with E-state index in [1.54, 1.807) is 16.2 Å². The Morgan fingerprint density at radius 3 is 2.74 bits per heavy atom. The van der Waals surface area contributed by atoms with Crippen molar-refractivity contribution in [3.05, 3.63) is 49.9 Å². The molecule has 2 rings (SSSR count). The van der Waals surface area contributed by atoms with Crippen molar-refractivity contribution in [3.63, 3.8) is 0 Å². The average Bonchev–Trinajstić information content (AvgIpc) is 2.74. The second-order valence-electron chi connectivity index (χ2n) is 4.51. The zero-order valence-electron chi connectivity index (χ0n) is 11.1. The molecule has 0 atom stereocenters. The topological polar surface area (TPSA) is 33.2 Å². The molecule has 0 fully saturated rings. The number of nitrogens with zero attached hydrogens (tertiary/aromatic N) is 2. The minimum Gasteiger partial charge on any atom is -0.337 e. The lowest BCUT2D eigenvalue weighted by atomic mass is 10.1. The molecule has 0 N–H and O–H groups in total. The van der Waals surface area contributed by atoms with Gasteiger partial charge in [-0.2, -0.15) is 0 Å². The number of rotatable bonds is 3. The molecule has 100 valence electrons. The maximum Gasteiger partial charge on any atom is 0.255 e. The lowest BCUT2D eigenvalue weighted by molar-refractivity contribution is 0.0784. The summed E-state index contributed by atoms with van der Waals surface area (Å²) in [5.41, 5.74) is 3.51. The van der Waals surface area contributed by atoms with Gasteiger partial charge in [0, 0.05) is 19.3 Å². The molecular weight excluding hydrogens is 324 g/mol. The zero-order valence-corrected chi connectivity index (χ0v) is 13.5. The third kappa shape index (κ3) is 3.42. The predicted octanol–water partition coefficient (Wildman–Crippen LogP) is 3.79. The molecule has 0 saturated carbocycles. The van der Waals surface area contributed by atoms with Crippen molar-refractivity contribution in [2.75, 3.05) is 7.05 Å². The quantitative estimate of drug-likeness (QED) is 0.852. The van der Waals surface area contributed by atoms with E-state index < -0.39 is 0 Å². The second-order valence-corrected chi connectivity index (χ2v) is 6.80. The molecule has 0 aliphatic rings. The van der Waals surface area contributed by atoms with E-state index in [1.807, 2.05) is 44.5 Å². The molecule has 0 radical (unpaired) electrons. The SMILES string of the molecule is Cc1ccc(C(=O)N(C)Cc2csc(Br)c2)c(C)n1. The highest BCUT2D eigenvalue weighted by Gasteiger charge is 2.15. The van der Waals surface area contributed by atoms with E-state index in [0.29, 0.717) is 12.1 Å². The number of pyridine rings is 1. The van der Waals surface area contributed by atoms with Crippen LogP contribution in [0.5, 0.6) is 0 Å². The molecule has 0 aliphatic heterocycles. The molecule has 3 nitrogen and oxygen atoms in total. The van der Waals surface area contributed by atoms with Crippen molar-refractivity contribution < 1.29 is 4.79 Å². The third-order valence-corrected chi connectivity index (χ3v) is 4.40. The first-order chi connectivity index (χ1) is 8.97. The van der Waals surface area contributed by atoms with E-state index >= 15 is 0 Å². The lowest BCUT2D eigenvalue weighted by Gasteiger charge is -2.17. The smallest absolute Gasteiger partial charge is 0.255 e. The minimum absolute atomic E-state index is 0.00678. The molecule has 0 aromatic carbocycles. The number of hydrogen-bond acceptors (Lipinski definition) is 3. The average molecular weight is 339 g/mol. The summed E-state index contributed by atoms with van der Waals surface area (Å²) < 4.78 is 1.08. The first-order valence-corrected chi connectivity index (χ1v) is 7.57. The normalized spacial score (nSPS) is 10.5. The Balaban J connectivity index is 2.14. The van der Waals surface area contributed by atoms with Gasteiger partial charge in [-0.05, 0) is 58.9 Å². The Labute approximate surface area is 125 Å². The number of halogens is 1. The van der Waals surface area contributed by atoms with Crippen LogP contribution in [0, 0.1) is 13.8 Å². The van der Waals surface area contributed by atoms with Crippen LogP contribution in [-0.4, -0.2) is 22.8 Å². The van der Waals surface area contributed by atoms with Gasteiger partial charge in [-0.3, -0.25) is 9.78 Å². The van der Waals surface area contributed by atoms with Crippen molar-refractivity contribution in [3.8, 4) is 0 Å². The molecule has 19 heavy (non-hydrogen) atoms. The Morgan fingerprint density at radius 1 is 1.42 bits per heavy atom. The first kappa shape index (κ1) is 14.2. The van der Waals surface area contributed by atoms with Gasteiger partial charge in [0.05, 0.1) is 15.0 Å². The molecule has 2 heterocycles. The van der Waals surface area contributed by atoms with Crippen LogP contribution < -0.4 is 0 Å². The van der Waals surface area contributed by atoms with Gasteiger partial charge in [-0.15, -0.1) is 11.3 Å². The van der Waals surface area contributed by atoms with E-state index in [1.165, 1.54) is 0 Å². The predicted molar refractivity (Wildman–Crippen MR) is 81.5 cm³/mol. The van der Waals surface area contributed by atoms with Crippen molar-refractivity contribution in [2.24, 2.45) is 0 Å². The van der Waals surface area contributed by atoms with Gasteiger partial charge in [0.15, 0.2) is 0 Å². The summed E-state index contributed by atoms with van der Waals surface area (Å²) >= 11 is 5.05. The van der Waals surface area contributed by atoms with Crippen LogP contribution in [0.25, 0.3) is 0 Å². The van der Waals surface area contributed by atoms with E-state index in [-0.39, 0.29) is 5.91 Å². The van der Waals surface area contributed by atoms with Crippen LogP contribution in [0.4, 0.5) is 0 Å². The summed E-state index contributed by atoms with van der Waals surface area (Å²) in [6, 6.07) is 5.75. The van der Waals surface area contributed by atoms with Crippen LogP contribution in [0.3, 0.4) is 0 Å². The number of aromatic nitrogens is 1. The van der Waals surface area contributed by atoms with Crippen LogP contribution in [0.2, 0.25) is 0 Å². The third-order valence-electron chi connectivity index (χ3n) is 2.84. The van der Waals surface area contributed by atoms with Gasteiger partial charge in [-0.25, -0.2) is 0 Å².